The number of aryl methyl sites for hydroxylation is 2. The number of carbonyl (C=O) groups is 1. The number of amides is 1. The minimum Gasteiger partial charge on any atom is -0.481 e. The molecular weight excluding hydrogens is 453 g/mol. The Hall–Kier alpha value is -3.65. The molecule has 3 aromatic carbocycles. The number of benzene rings is 3. The normalized spacial score (nSPS) is 12.7. The van der Waals surface area contributed by atoms with Gasteiger partial charge in [0.2, 0.25) is 5.91 Å². The maximum Gasteiger partial charge on any atom is 0.277 e. The van der Waals surface area contributed by atoms with Crippen molar-refractivity contribution in [1.82, 2.24) is 10.2 Å². The molecule has 0 bridgehead atoms. The molecule has 6 nitrogen and oxygen atoms in total. The summed E-state index contributed by atoms with van der Waals surface area (Å²) in [6.45, 7) is 5.73. The van der Waals surface area contributed by atoms with E-state index < -0.39 is 11.4 Å². The Morgan fingerprint density at radius 2 is 1.68 bits per heavy atom. The van der Waals surface area contributed by atoms with Gasteiger partial charge in [-0.3, -0.25) is 4.79 Å². The van der Waals surface area contributed by atoms with E-state index >= 15 is 0 Å². The van der Waals surface area contributed by atoms with Crippen LogP contribution >= 0.6 is 11.8 Å². The molecule has 1 heterocycles. The van der Waals surface area contributed by atoms with Gasteiger partial charge in [0.05, 0.1) is 0 Å². The molecule has 0 saturated heterocycles. The lowest BCUT2D eigenvalue weighted by molar-refractivity contribution is -0.115. The molecule has 0 aliphatic heterocycles. The lowest BCUT2D eigenvalue weighted by atomic mass is 10.1. The van der Waals surface area contributed by atoms with Gasteiger partial charge in [0.1, 0.15) is 16.8 Å². The molecule has 1 aromatic heterocycles. The second kappa shape index (κ2) is 10.5. The van der Waals surface area contributed by atoms with Gasteiger partial charge < -0.3 is 14.5 Å². The smallest absolute Gasteiger partial charge is 0.277 e. The van der Waals surface area contributed by atoms with E-state index in [0.717, 1.165) is 22.4 Å². The number of halogens is 1. The molecule has 0 fully saturated rings. The van der Waals surface area contributed by atoms with Crippen molar-refractivity contribution < 1.29 is 18.3 Å². The second-order valence-electron chi connectivity index (χ2n) is 7.89. The van der Waals surface area contributed by atoms with Crippen LogP contribution in [-0.4, -0.2) is 16.1 Å². The van der Waals surface area contributed by atoms with Gasteiger partial charge in [-0.15, -0.1) is 10.2 Å². The number of hydrogen-bond acceptors (Lipinski definition) is 6. The molecule has 0 spiro atoms. The van der Waals surface area contributed by atoms with Gasteiger partial charge in [0, 0.05) is 5.69 Å². The number of aromatic nitrogens is 2. The predicted octanol–water partition coefficient (Wildman–Crippen LogP) is 6.44. The average molecular weight is 478 g/mol. The largest absolute Gasteiger partial charge is 0.481 e. The molecule has 0 aliphatic rings. The molecule has 0 aliphatic carbocycles. The number of nitrogens with one attached hydrogen (secondary N) is 1. The summed E-state index contributed by atoms with van der Waals surface area (Å²) in [7, 11) is 0. The number of thioether (sulfide) groups is 1. The van der Waals surface area contributed by atoms with Crippen LogP contribution in [0.4, 0.5) is 10.1 Å². The van der Waals surface area contributed by atoms with Crippen molar-refractivity contribution in [1.29, 1.82) is 0 Å². The van der Waals surface area contributed by atoms with Crippen LogP contribution in [0, 0.1) is 19.7 Å². The van der Waals surface area contributed by atoms with E-state index in [2.05, 4.69) is 15.5 Å². The van der Waals surface area contributed by atoms with E-state index in [0.29, 0.717) is 5.75 Å². The van der Waals surface area contributed by atoms with Gasteiger partial charge in [-0.2, -0.15) is 0 Å². The number of anilines is 1. The first kappa shape index (κ1) is 23.5. The summed E-state index contributed by atoms with van der Waals surface area (Å²) in [6.07, 6.45) is -0.549. The molecule has 0 radical (unpaired) electrons. The van der Waals surface area contributed by atoms with Crippen molar-refractivity contribution in [3.8, 4) is 5.75 Å². The Morgan fingerprint density at radius 3 is 2.35 bits per heavy atom. The Balaban J connectivity index is 1.51. The maximum atomic E-state index is 13.3. The summed E-state index contributed by atoms with van der Waals surface area (Å²) >= 11 is 1.17. The highest BCUT2D eigenvalue weighted by molar-refractivity contribution is 8.00. The number of ether oxygens (including phenoxy) is 1. The van der Waals surface area contributed by atoms with Gasteiger partial charge >= 0.3 is 0 Å². The van der Waals surface area contributed by atoms with Gasteiger partial charge in [-0.25, -0.2) is 4.39 Å². The van der Waals surface area contributed by atoms with Crippen molar-refractivity contribution >= 4 is 23.4 Å². The second-order valence-corrected chi connectivity index (χ2v) is 8.95. The quantitative estimate of drug-likeness (QED) is 0.294. The third-order valence-electron chi connectivity index (χ3n) is 4.94. The number of hydrogen-bond donors (Lipinski definition) is 1. The van der Waals surface area contributed by atoms with E-state index in [1.54, 1.807) is 6.92 Å². The minimum absolute atomic E-state index is 0.198. The predicted molar refractivity (Wildman–Crippen MR) is 129 cm³/mol. The molecule has 174 valence electrons. The summed E-state index contributed by atoms with van der Waals surface area (Å²) in [6, 6.07) is 21.0. The number of carbonyl (C=O) groups excluding carboxylic acids is 1. The molecule has 0 unspecified atom stereocenters. The zero-order valence-corrected chi connectivity index (χ0v) is 19.8. The monoisotopic (exact) mass is 477 g/mol. The minimum atomic E-state index is -0.608. The lowest BCUT2D eigenvalue weighted by Crippen LogP contribution is -2.19. The van der Waals surface area contributed by atoms with Crippen LogP contribution < -0.4 is 10.1 Å². The van der Waals surface area contributed by atoms with E-state index in [4.69, 9.17) is 9.15 Å². The molecule has 34 heavy (non-hydrogen) atoms. The lowest BCUT2D eigenvalue weighted by Gasteiger charge is -2.16. The van der Waals surface area contributed by atoms with Crippen LogP contribution in [0.3, 0.4) is 0 Å². The Bertz CT molecular complexity index is 1240. The van der Waals surface area contributed by atoms with Crippen LogP contribution in [0.25, 0.3) is 0 Å². The van der Waals surface area contributed by atoms with Crippen LogP contribution in [-0.2, 0) is 4.79 Å². The molecule has 0 saturated carbocycles. The van der Waals surface area contributed by atoms with Crippen molar-refractivity contribution in [2.24, 2.45) is 0 Å². The molecule has 4 rings (SSSR count). The molecule has 1 amide bonds. The first-order valence-corrected chi connectivity index (χ1v) is 11.6. The van der Waals surface area contributed by atoms with E-state index in [1.165, 1.54) is 36.0 Å². The maximum absolute atomic E-state index is 13.3. The molecule has 8 heteroatoms. The van der Waals surface area contributed by atoms with Crippen LogP contribution in [0.1, 0.15) is 40.9 Å². The Morgan fingerprint density at radius 1 is 1.00 bits per heavy atom. The van der Waals surface area contributed by atoms with Crippen molar-refractivity contribution in [3.05, 3.63) is 101 Å². The summed E-state index contributed by atoms with van der Waals surface area (Å²) in [5.74, 6) is 0.198. The van der Waals surface area contributed by atoms with Crippen LogP contribution in [0.2, 0.25) is 0 Å². The van der Waals surface area contributed by atoms with Crippen molar-refractivity contribution in [3.63, 3.8) is 0 Å². The van der Waals surface area contributed by atoms with E-state index in [1.807, 2.05) is 62.4 Å². The van der Waals surface area contributed by atoms with Crippen LogP contribution in [0.5, 0.6) is 5.75 Å². The summed E-state index contributed by atoms with van der Waals surface area (Å²) in [5.41, 5.74) is 3.67. The third kappa shape index (κ3) is 6.02. The van der Waals surface area contributed by atoms with Crippen molar-refractivity contribution in [2.45, 2.75) is 37.3 Å². The SMILES string of the molecule is Cc1cc(C)cc(NC(=O)[C@H](Sc2nnc([C@@H](C)Oc3ccc(F)cc3)o2)c2ccccc2)c1. The molecule has 2 atom stereocenters. The highest BCUT2D eigenvalue weighted by Crippen LogP contribution is 2.36. The van der Waals surface area contributed by atoms with Crippen LogP contribution in [0.15, 0.2) is 82.4 Å². The summed E-state index contributed by atoms with van der Waals surface area (Å²) in [5, 5.41) is 10.8. The van der Waals surface area contributed by atoms with Gasteiger partial charge in [0.15, 0.2) is 6.10 Å². The number of rotatable bonds is 8. The van der Waals surface area contributed by atoms with Gasteiger partial charge in [-0.1, -0.05) is 36.4 Å². The van der Waals surface area contributed by atoms with Gasteiger partial charge in [-0.05, 0) is 85.6 Å². The first-order valence-electron chi connectivity index (χ1n) is 10.7. The highest BCUT2D eigenvalue weighted by atomic mass is 32.2. The Kier molecular flexibility index (Phi) is 7.27. The average Bonchev–Trinajstić information content (AvgIpc) is 3.28. The fourth-order valence-electron chi connectivity index (χ4n) is 3.46. The highest BCUT2D eigenvalue weighted by Gasteiger charge is 2.26. The Labute approximate surface area is 201 Å². The molecule has 1 N–H and O–H groups in total. The standard InChI is InChI=1S/C26H24FN3O3S/c1-16-13-17(2)15-21(14-16)28-24(31)23(19-7-5-4-6-8-19)34-26-30-29-25(33-26)18(3)32-22-11-9-20(27)10-12-22/h4-15,18,23H,1-3H3,(H,28,31)/t18-,23-/m1/s1. The topological polar surface area (TPSA) is 77.2 Å². The third-order valence-corrected chi connectivity index (χ3v) is 6.03. The van der Waals surface area contributed by atoms with Gasteiger partial charge in [0.25, 0.3) is 11.1 Å². The fraction of sp³-hybridized carbons (Fsp3) is 0.192. The summed E-state index contributed by atoms with van der Waals surface area (Å²) in [4.78, 5) is 13.3. The first-order chi connectivity index (χ1) is 16.4. The fourth-order valence-corrected chi connectivity index (χ4v) is 4.34. The number of nitrogens with zero attached hydrogens (tertiary/aromatic N) is 2. The zero-order valence-electron chi connectivity index (χ0n) is 19.0. The van der Waals surface area contributed by atoms with E-state index in [9.17, 15) is 9.18 Å². The zero-order chi connectivity index (χ0) is 24.1. The van der Waals surface area contributed by atoms with Crippen molar-refractivity contribution in [2.75, 3.05) is 5.32 Å². The van der Waals surface area contributed by atoms with E-state index in [-0.39, 0.29) is 22.8 Å². The molecule has 4 aromatic rings. The molecular formula is C26H24FN3O3S. The summed E-state index contributed by atoms with van der Waals surface area (Å²) < 4.78 is 24.7.